The fourth-order valence-electron chi connectivity index (χ4n) is 5.70. The average molecular weight is 463 g/mol. The zero-order chi connectivity index (χ0) is 23.7. The maximum atomic E-state index is 13.4. The number of nitrogens with two attached hydrogens (primary N) is 1. The Bertz CT molecular complexity index is 1510. The molecular formula is C30H23FN2O2. The number of amides is 1. The first-order valence-electron chi connectivity index (χ1n) is 11.9. The molecule has 1 amide bonds. The maximum Gasteiger partial charge on any atom is 0.254 e. The van der Waals surface area contributed by atoms with Crippen LogP contribution in [-0.2, 0) is 24.4 Å². The van der Waals surface area contributed by atoms with Crippen molar-refractivity contribution in [2.24, 2.45) is 5.73 Å². The van der Waals surface area contributed by atoms with Gasteiger partial charge >= 0.3 is 0 Å². The Hall–Kier alpha value is -3.80. The third-order valence-electron chi connectivity index (χ3n) is 7.52. The van der Waals surface area contributed by atoms with Crippen molar-refractivity contribution in [3.05, 3.63) is 129 Å². The first-order valence-corrected chi connectivity index (χ1v) is 11.9. The number of carbonyl (C=O) groups is 1. The SMILES string of the molecule is NCc1ccc2c(c1)CN(C(=O)c1ccc3c(c1)C1OC3c3ccc(-c4ccc(F)cc4)cc31)C2. The highest BCUT2D eigenvalue weighted by molar-refractivity contribution is 5.95. The van der Waals surface area contributed by atoms with E-state index in [2.05, 4.69) is 30.3 Å². The van der Waals surface area contributed by atoms with Gasteiger partial charge in [0.05, 0.1) is 0 Å². The molecule has 7 rings (SSSR count). The van der Waals surface area contributed by atoms with Crippen LogP contribution >= 0.6 is 0 Å². The Morgan fingerprint density at radius 1 is 0.800 bits per heavy atom. The van der Waals surface area contributed by atoms with Crippen LogP contribution in [0.2, 0.25) is 0 Å². The van der Waals surface area contributed by atoms with Crippen molar-refractivity contribution in [2.75, 3.05) is 0 Å². The van der Waals surface area contributed by atoms with Gasteiger partial charge in [-0.3, -0.25) is 4.79 Å². The fraction of sp³-hybridized carbons (Fsp3) is 0.167. The highest BCUT2D eigenvalue weighted by Gasteiger charge is 2.43. The molecule has 2 N–H and O–H groups in total. The van der Waals surface area contributed by atoms with E-state index in [0.717, 1.165) is 38.9 Å². The number of halogens is 1. The van der Waals surface area contributed by atoms with Crippen molar-refractivity contribution < 1.29 is 13.9 Å². The van der Waals surface area contributed by atoms with Gasteiger partial charge in [-0.05, 0) is 80.4 Å². The molecule has 4 aromatic rings. The predicted molar refractivity (Wildman–Crippen MR) is 131 cm³/mol. The number of rotatable bonds is 3. The second kappa shape index (κ2) is 7.60. The molecule has 5 heteroatoms. The molecule has 4 nitrogen and oxygen atoms in total. The fourth-order valence-corrected chi connectivity index (χ4v) is 5.70. The van der Waals surface area contributed by atoms with E-state index in [1.165, 1.54) is 23.3 Å². The van der Waals surface area contributed by atoms with Crippen molar-refractivity contribution in [3.63, 3.8) is 0 Å². The van der Waals surface area contributed by atoms with Gasteiger partial charge in [0, 0.05) is 25.2 Å². The summed E-state index contributed by atoms with van der Waals surface area (Å²) in [6.07, 6.45) is -0.303. The van der Waals surface area contributed by atoms with E-state index in [-0.39, 0.29) is 23.9 Å². The third kappa shape index (κ3) is 3.16. The summed E-state index contributed by atoms with van der Waals surface area (Å²) in [7, 11) is 0. The second-order valence-electron chi connectivity index (χ2n) is 9.56. The Kier molecular flexibility index (Phi) is 4.47. The zero-order valence-electron chi connectivity index (χ0n) is 19.0. The minimum absolute atomic E-state index is 0.0290. The zero-order valence-corrected chi connectivity index (χ0v) is 19.0. The molecule has 0 radical (unpaired) electrons. The quantitative estimate of drug-likeness (QED) is 0.429. The lowest BCUT2D eigenvalue weighted by molar-refractivity contribution is 0.0751. The first kappa shape index (κ1) is 20.6. The number of benzene rings is 4. The minimum Gasteiger partial charge on any atom is -0.356 e. The van der Waals surface area contributed by atoms with Crippen LogP contribution in [-0.4, -0.2) is 10.8 Å². The number of fused-ring (bicyclic) bond motifs is 9. The van der Waals surface area contributed by atoms with Crippen LogP contribution in [0.3, 0.4) is 0 Å². The summed E-state index contributed by atoms with van der Waals surface area (Å²) < 4.78 is 19.7. The molecule has 0 saturated heterocycles. The van der Waals surface area contributed by atoms with Crippen LogP contribution in [0, 0.1) is 5.82 Å². The summed E-state index contributed by atoms with van der Waals surface area (Å²) in [5.74, 6) is -0.217. The summed E-state index contributed by atoms with van der Waals surface area (Å²) >= 11 is 0. The normalized spacial score (nSPS) is 19.0. The van der Waals surface area contributed by atoms with Crippen molar-refractivity contribution >= 4 is 5.91 Å². The number of carbonyl (C=O) groups excluding carboxylic acids is 1. The Balaban J connectivity index is 1.18. The molecular weight excluding hydrogens is 439 g/mol. The van der Waals surface area contributed by atoms with Crippen molar-refractivity contribution in [2.45, 2.75) is 31.8 Å². The molecule has 2 bridgehead atoms. The highest BCUT2D eigenvalue weighted by atomic mass is 19.1. The first-order chi connectivity index (χ1) is 17.1. The van der Waals surface area contributed by atoms with Gasteiger partial charge in [-0.1, -0.05) is 48.5 Å². The van der Waals surface area contributed by atoms with Gasteiger partial charge in [0.2, 0.25) is 0 Å². The van der Waals surface area contributed by atoms with Gasteiger partial charge in [0.25, 0.3) is 5.91 Å². The summed E-state index contributed by atoms with van der Waals surface area (Å²) in [4.78, 5) is 15.3. The Morgan fingerprint density at radius 2 is 1.49 bits per heavy atom. The molecule has 0 aliphatic carbocycles. The third-order valence-corrected chi connectivity index (χ3v) is 7.52. The van der Waals surface area contributed by atoms with E-state index in [1.54, 1.807) is 12.1 Å². The van der Waals surface area contributed by atoms with Gasteiger partial charge in [0.1, 0.15) is 18.0 Å². The topological polar surface area (TPSA) is 55.6 Å². The molecule has 3 aliphatic rings. The Morgan fingerprint density at radius 3 is 2.29 bits per heavy atom. The van der Waals surface area contributed by atoms with E-state index in [0.29, 0.717) is 25.2 Å². The van der Waals surface area contributed by atoms with E-state index in [4.69, 9.17) is 10.5 Å². The van der Waals surface area contributed by atoms with Crippen LogP contribution in [0.5, 0.6) is 0 Å². The molecule has 3 aliphatic heterocycles. The van der Waals surface area contributed by atoms with Crippen molar-refractivity contribution in [1.29, 1.82) is 0 Å². The number of nitrogens with zero attached hydrogens (tertiary/aromatic N) is 1. The molecule has 0 spiro atoms. The minimum atomic E-state index is -0.246. The number of hydrogen-bond acceptors (Lipinski definition) is 3. The van der Waals surface area contributed by atoms with E-state index in [9.17, 15) is 9.18 Å². The van der Waals surface area contributed by atoms with Gasteiger partial charge < -0.3 is 15.4 Å². The van der Waals surface area contributed by atoms with Crippen LogP contribution in [0.25, 0.3) is 11.1 Å². The second-order valence-corrected chi connectivity index (χ2v) is 9.56. The molecule has 35 heavy (non-hydrogen) atoms. The molecule has 0 fully saturated rings. The summed E-state index contributed by atoms with van der Waals surface area (Å²) in [6.45, 7) is 1.72. The number of ether oxygens (including phenoxy) is 1. The smallest absolute Gasteiger partial charge is 0.254 e. The van der Waals surface area contributed by atoms with Gasteiger partial charge in [-0.15, -0.1) is 0 Å². The lowest BCUT2D eigenvalue weighted by Crippen LogP contribution is -2.25. The standard InChI is InChI=1S/C30H23FN2O2/c31-23-7-3-18(4-8-23)19-5-9-24-26(12-19)29-27-13-20(6-10-25(27)28(24)35-29)30(34)33-15-21-2-1-17(14-32)11-22(21)16-33/h1-13,28-29H,14-16,32H2. The average Bonchev–Trinajstić information content (AvgIpc) is 3.60. The summed E-state index contributed by atoms with van der Waals surface area (Å²) in [6, 6.07) is 25.0. The van der Waals surface area contributed by atoms with Crippen LogP contribution < -0.4 is 5.73 Å². The molecule has 0 saturated carbocycles. The van der Waals surface area contributed by atoms with E-state index in [1.807, 2.05) is 29.2 Å². The Labute approximate surface area is 202 Å². The molecule has 2 atom stereocenters. The monoisotopic (exact) mass is 462 g/mol. The maximum absolute atomic E-state index is 13.4. The molecule has 4 aromatic carbocycles. The molecule has 3 heterocycles. The van der Waals surface area contributed by atoms with Crippen LogP contribution in [0.4, 0.5) is 4.39 Å². The van der Waals surface area contributed by atoms with Crippen LogP contribution in [0.15, 0.2) is 78.9 Å². The predicted octanol–water partition coefficient (Wildman–Crippen LogP) is 5.63. The molecule has 172 valence electrons. The highest BCUT2D eigenvalue weighted by Crippen LogP contribution is 2.54. The lowest BCUT2D eigenvalue weighted by atomic mass is 9.84. The van der Waals surface area contributed by atoms with Gasteiger partial charge in [0.15, 0.2) is 0 Å². The number of hydrogen-bond donors (Lipinski definition) is 1. The van der Waals surface area contributed by atoms with E-state index >= 15 is 0 Å². The largest absolute Gasteiger partial charge is 0.356 e. The summed E-state index contributed by atoms with van der Waals surface area (Å²) in [5, 5.41) is 0. The molecule has 0 aromatic heterocycles. The van der Waals surface area contributed by atoms with Crippen molar-refractivity contribution in [3.8, 4) is 11.1 Å². The van der Waals surface area contributed by atoms with Gasteiger partial charge in [-0.25, -0.2) is 4.39 Å². The van der Waals surface area contributed by atoms with Gasteiger partial charge in [-0.2, -0.15) is 0 Å². The van der Waals surface area contributed by atoms with E-state index < -0.39 is 0 Å². The lowest BCUT2D eigenvalue weighted by Gasteiger charge is -2.20. The van der Waals surface area contributed by atoms with Crippen molar-refractivity contribution in [1.82, 2.24) is 4.90 Å². The molecule has 2 unspecified atom stereocenters. The summed E-state index contributed by atoms with van der Waals surface area (Å²) in [5.41, 5.74) is 16.4. The van der Waals surface area contributed by atoms with Crippen LogP contribution in [0.1, 0.15) is 61.5 Å².